The van der Waals surface area contributed by atoms with E-state index in [9.17, 15) is 13.2 Å². The van der Waals surface area contributed by atoms with Crippen LogP contribution in [0.25, 0.3) is 0 Å². The van der Waals surface area contributed by atoms with Crippen LogP contribution < -0.4 is 9.62 Å². The van der Waals surface area contributed by atoms with Crippen LogP contribution in [0.4, 0.5) is 5.69 Å². The molecule has 0 fully saturated rings. The lowest BCUT2D eigenvalue weighted by atomic mass is 10.1. The molecule has 8 heteroatoms. The SMILES string of the molecule is Cc1ccc(N(CC(=O)NCc2ccc(Cl)cc2Cl)S(=O)(=O)c2ccccc2)c(C)c1. The number of aryl methyl sites for hydroxylation is 2. The van der Waals surface area contributed by atoms with Crippen molar-refractivity contribution in [1.82, 2.24) is 5.32 Å². The minimum absolute atomic E-state index is 0.114. The van der Waals surface area contributed by atoms with Crippen molar-refractivity contribution in [3.63, 3.8) is 0 Å². The molecule has 0 spiro atoms. The summed E-state index contributed by atoms with van der Waals surface area (Å²) in [5.74, 6) is -0.453. The Morgan fingerprint density at radius 3 is 2.32 bits per heavy atom. The maximum absolute atomic E-state index is 13.4. The molecule has 0 saturated heterocycles. The number of sulfonamides is 1. The van der Waals surface area contributed by atoms with Gasteiger partial charge in [-0.3, -0.25) is 9.10 Å². The van der Waals surface area contributed by atoms with Crippen molar-refractivity contribution >= 4 is 44.8 Å². The number of carbonyl (C=O) groups excluding carboxylic acids is 1. The van der Waals surface area contributed by atoms with Crippen LogP contribution in [0.5, 0.6) is 0 Å². The first-order valence-electron chi connectivity index (χ1n) is 9.54. The number of hydrogen-bond acceptors (Lipinski definition) is 3. The van der Waals surface area contributed by atoms with E-state index in [4.69, 9.17) is 23.2 Å². The molecule has 0 aliphatic carbocycles. The third-order valence-corrected chi connectivity index (χ3v) is 7.09. The van der Waals surface area contributed by atoms with Gasteiger partial charge in [0.2, 0.25) is 5.91 Å². The average Bonchev–Trinajstić information content (AvgIpc) is 2.72. The highest BCUT2D eigenvalue weighted by Gasteiger charge is 2.28. The summed E-state index contributed by atoms with van der Waals surface area (Å²) in [7, 11) is -3.95. The van der Waals surface area contributed by atoms with Gasteiger partial charge in [0, 0.05) is 16.6 Å². The number of nitrogens with one attached hydrogen (secondary N) is 1. The minimum atomic E-state index is -3.95. The van der Waals surface area contributed by atoms with Crippen molar-refractivity contribution in [1.29, 1.82) is 0 Å². The van der Waals surface area contributed by atoms with Gasteiger partial charge in [0.05, 0.1) is 10.6 Å². The van der Waals surface area contributed by atoms with Crippen LogP contribution in [0.1, 0.15) is 16.7 Å². The molecule has 0 radical (unpaired) electrons. The van der Waals surface area contributed by atoms with E-state index >= 15 is 0 Å². The lowest BCUT2D eigenvalue weighted by molar-refractivity contribution is -0.119. The van der Waals surface area contributed by atoms with Gasteiger partial charge in [0.1, 0.15) is 6.54 Å². The number of nitrogens with zero attached hydrogens (tertiary/aromatic N) is 1. The van der Waals surface area contributed by atoms with Crippen molar-refractivity contribution in [2.45, 2.75) is 25.3 Å². The molecule has 1 N–H and O–H groups in total. The molecule has 0 saturated carbocycles. The summed E-state index contributed by atoms with van der Waals surface area (Å²) in [6.07, 6.45) is 0. The summed E-state index contributed by atoms with van der Waals surface area (Å²) >= 11 is 12.1. The molecule has 162 valence electrons. The molecule has 0 aliphatic rings. The highest BCUT2D eigenvalue weighted by Crippen LogP contribution is 2.27. The van der Waals surface area contributed by atoms with Gasteiger partial charge in [-0.25, -0.2) is 8.42 Å². The predicted octanol–water partition coefficient (Wildman–Crippen LogP) is 5.12. The second-order valence-corrected chi connectivity index (χ2v) is 9.83. The van der Waals surface area contributed by atoms with E-state index in [1.807, 2.05) is 26.0 Å². The molecule has 0 unspecified atom stereocenters. The quantitative estimate of drug-likeness (QED) is 0.514. The molecule has 5 nitrogen and oxygen atoms in total. The Labute approximate surface area is 192 Å². The molecule has 3 aromatic rings. The smallest absolute Gasteiger partial charge is 0.264 e. The zero-order valence-corrected chi connectivity index (χ0v) is 19.4. The normalized spacial score (nSPS) is 11.2. The fourth-order valence-corrected chi connectivity index (χ4v) is 5.13. The van der Waals surface area contributed by atoms with Crippen molar-refractivity contribution in [3.8, 4) is 0 Å². The number of halogens is 2. The summed E-state index contributed by atoms with van der Waals surface area (Å²) in [4.78, 5) is 12.9. The van der Waals surface area contributed by atoms with Crippen LogP contribution in [0, 0.1) is 13.8 Å². The van der Waals surface area contributed by atoms with Crippen LogP contribution in [-0.4, -0.2) is 20.9 Å². The maximum Gasteiger partial charge on any atom is 0.264 e. The lowest BCUT2D eigenvalue weighted by Crippen LogP contribution is -2.41. The Bertz CT molecular complexity index is 1200. The predicted molar refractivity (Wildman–Crippen MR) is 125 cm³/mol. The first-order chi connectivity index (χ1) is 14.7. The van der Waals surface area contributed by atoms with E-state index in [-0.39, 0.29) is 18.0 Å². The number of rotatable bonds is 7. The fourth-order valence-electron chi connectivity index (χ4n) is 3.15. The first-order valence-corrected chi connectivity index (χ1v) is 11.7. The Morgan fingerprint density at radius 1 is 0.968 bits per heavy atom. The van der Waals surface area contributed by atoms with E-state index in [0.29, 0.717) is 21.3 Å². The molecule has 0 heterocycles. The summed E-state index contributed by atoms with van der Waals surface area (Å²) in [6.45, 7) is 3.53. The van der Waals surface area contributed by atoms with E-state index < -0.39 is 15.9 Å². The van der Waals surface area contributed by atoms with Crippen LogP contribution in [-0.2, 0) is 21.4 Å². The van der Waals surface area contributed by atoms with Crippen LogP contribution in [0.3, 0.4) is 0 Å². The second-order valence-electron chi connectivity index (χ2n) is 7.13. The van der Waals surface area contributed by atoms with Crippen molar-refractivity contribution in [2.75, 3.05) is 10.8 Å². The van der Waals surface area contributed by atoms with Crippen LogP contribution in [0.2, 0.25) is 10.0 Å². The summed E-state index contributed by atoms with van der Waals surface area (Å²) < 4.78 is 27.9. The van der Waals surface area contributed by atoms with Gasteiger partial charge in [0.15, 0.2) is 0 Å². The van der Waals surface area contributed by atoms with Gasteiger partial charge in [-0.05, 0) is 55.3 Å². The molecule has 3 rings (SSSR count). The number of amides is 1. The Hall–Kier alpha value is -2.54. The minimum Gasteiger partial charge on any atom is -0.350 e. The van der Waals surface area contributed by atoms with Crippen molar-refractivity contribution < 1.29 is 13.2 Å². The molecular formula is C23H22Cl2N2O3S. The highest BCUT2D eigenvalue weighted by molar-refractivity contribution is 7.92. The van der Waals surface area contributed by atoms with Crippen molar-refractivity contribution in [2.24, 2.45) is 0 Å². The topological polar surface area (TPSA) is 66.5 Å². The van der Waals surface area contributed by atoms with E-state index in [2.05, 4.69) is 5.32 Å². The van der Waals surface area contributed by atoms with Gasteiger partial charge in [-0.2, -0.15) is 0 Å². The van der Waals surface area contributed by atoms with Crippen molar-refractivity contribution in [3.05, 3.63) is 93.5 Å². The molecule has 3 aromatic carbocycles. The third-order valence-electron chi connectivity index (χ3n) is 4.73. The number of anilines is 1. The van der Waals surface area contributed by atoms with Gasteiger partial charge in [0.25, 0.3) is 10.0 Å². The Balaban J connectivity index is 1.88. The third kappa shape index (κ3) is 5.58. The van der Waals surface area contributed by atoms with E-state index in [0.717, 1.165) is 15.4 Å². The largest absolute Gasteiger partial charge is 0.350 e. The Morgan fingerprint density at radius 2 is 1.68 bits per heavy atom. The number of carbonyl (C=O) groups is 1. The Kier molecular flexibility index (Phi) is 7.26. The summed E-state index contributed by atoms with van der Waals surface area (Å²) in [5.41, 5.74) is 2.89. The van der Waals surface area contributed by atoms with Gasteiger partial charge >= 0.3 is 0 Å². The second kappa shape index (κ2) is 9.73. The molecule has 0 bridgehead atoms. The van der Waals surface area contributed by atoms with Gasteiger partial charge in [-0.1, -0.05) is 65.2 Å². The summed E-state index contributed by atoms with van der Waals surface area (Å²) in [6, 6.07) is 18.5. The first kappa shape index (κ1) is 23.1. The molecule has 0 aromatic heterocycles. The maximum atomic E-state index is 13.4. The molecule has 0 aliphatic heterocycles. The number of benzene rings is 3. The lowest BCUT2D eigenvalue weighted by Gasteiger charge is -2.26. The molecule has 1 amide bonds. The molecule has 0 atom stereocenters. The van der Waals surface area contributed by atoms with Gasteiger partial charge < -0.3 is 5.32 Å². The summed E-state index contributed by atoms with van der Waals surface area (Å²) in [5, 5.41) is 3.66. The number of hydrogen-bond donors (Lipinski definition) is 1. The molecular weight excluding hydrogens is 455 g/mol. The van der Waals surface area contributed by atoms with Crippen LogP contribution in [0.15, 0.2) is 71.6 Å². The molecule has 31 heavy (non-hydrogen) atoms. The highest BCUT2D eigenvalue weighted by atomic mass is 35.5. The standard InChI is InChI=1S/C23H22Cl2N2O3S/c1-16-8-11-22(17(2)12-16)27(31(29,30)20-6-4-3-5-7-20)15-23(28)26-14-18-9-10-19(24)13-21(18)25/h3-13H,14-15H2,1-2H3,(H,26,28). The van der Waals surface area contributed by atoms with E-state index in [1.165, 1.54) is 12.1 Å². The van der Waals surface area contributed by atoms with Gasteiger partial charge in [-0.15, -0.1) is 0 Å². The zero-order valence-electron chi connectivity index (χ0n) is 17.1. The van der Waals surface area contributed by atoms with E-state index in [1.54, 1.807) is 42.5 Å². The van der Waals surface area contributed by atoms with Crippen LogP contribution >= 0.6 is 23.2 Å². The average molecular weight is 477 g/mol. The fraction of sp³-hybridized carbons (Fsp3) is 0.174. The zero-order chi connectivity index (χ0) is 22.6. The monoisotopic (exact) mass is 476 g/mol.